The molecule has 1 saturated heterocycles. The highest BCUT2D eigenvalue weighted by Gasteiger charge is 2.38. The molecule has 1 fully saturated rings. The van der Waals surface area contributed by atoms with Crippen molar-refractivity contribution in [3.63, 3.8) is 0 Å². The van der Waals surface area contributed by atoms with Crippen molar-refractivity contribution in [2.45, 2.75) is 18.6 Å². The number of amides is 1. The maximum Gasteiger partial charge on any atom is 0.242 e. The van der Waals surface area contributed by atoms with Gasteiger partial charge in [0.1, 0.15) is 6.54 Å². The maximum absolute atomic E-state index is 12.5. The predicted molar refractivity (Wildman–Crippen MR) is 84.4 cm³/mol. The van der Waals surface area contributed by atoms with Gasteiger partial charge in [0.2, 0.25) is 5.91 Å². The van der Waals surface area contributed by atoms with E-state index in [9.17, 15) is 9.90 Å². The topological polar surface area (TPSA) is 61.6 Å². The van der Waals surface area contributed by atoms with Crippen LogP contribution in [0.4, 0.5) is 0 Å². The summed E-state index contributed by atoms with van der Waals surface area (Å²) >= 11 is 0. The molecule has 0 radical (unpaired) electrons. The smallest absolute Gasteiger partial charge is 0.242 e. The number of hydrogen-bond acceptors (Lipinski definition) is 4. The Bertz CT molecular complexity index is 682. The molecule has 1 aliphatic heterocycles. The number of carbonyl (C=O) groups excluding carboxylic acids is 1. The van der Waals surface area contributed by atoms with Gasteiger partial charge in [-0.05, 0) is 32.6 Å². The zero-order valence-electron chi connectivity index (χ0n) is 13.1. The van der Waals surface area contributed by atoms with Crippen LogP contribution in [0.2, 0.25) is 0 Å². The molecule has 0 aliphatic carbocycles. The highest BCUT2D eigenvalue weighted by atomic mass is 16.3. The van der Waals surface area contributed by atoms with Crippen molar-refractivity contribution in [1.82, 2.24) is 19.4 Å². The van der Waals surface area contributed by atoms with Crippen molar-refractivity contribution in [2.75, 3.05) is 33.7 Å². The Morgan fingerprint density at radius 2 is 2.18 bits per heavy atom. The number of aromatic nitrogens is 2. The van der Waals surface area contributed by atoms with E-state index in [-0.39, 0.29) is 12.5 Å². The molecule has 0 bridgehead atoms. The second-order valence-corrected chi connectivity index (χ2v) is 6.39. The monoisotopic (exact) mass is 302 g/mol. The van der Waals surface area contributed by atoms with Crippen molar-refractivity contribution in [3.8, 4) is 0 Å². The van der Waals surface area contributed by atoms with Gasteiger partial charge in [-0.25, -0.2) is 4.98 Å². The van der Waals surface area contributed by atoms with Gasteiger partial charge in [0.15, 0.2) is 0 Å². The average molecular weight is 302 g/mol. The summed E-state index contributed by atoms with van der Waals surface area (Å²) < 4.78 is 1.86. The van der Waals surface area contributed by atoms with Crippen molar-refractivity contribution >= 4 is 16.9 Å². The number of likely N-dealkylation sites (tertiary alicyclic amines) is 1. The van der Waals surface area contributed by atoms with E-state index in [2.05, 4.69) is 4.98 Å². The van der Waals surface area contributed by atoms with E-state index in [1.807, 2.05) is 47.8 Å². The lowest BCUT2D eigenvalue weighted by Gasteiger charge is -2.26. The summed E-state index contributed by atoms with van der Waals surface area (Å²) in [5.74, 6) is 0.0258. The fourth-order valence-electron chi connectivity index (χ4n) is 3.17. The fraction of sp³-hybridized carbons (Fsp3) is 0.500. The summed E-state index contributed by atoms with van der Waals surface area (Å²) in [6, 6.07) is 7.77. The number of para-hydroxylation sites is 2. The van der Waals surface area contributed by atoms with E-state index in [1.54, 1.807) is 11.2 Å². The molecule has 1 unspecified atom stereocenters. The van der Waals surface area contributed by atoms with Gasteiger partial charge in [0.25, 0.3) is 0 Å². The normalized spacial score (nSPS) is 21.9. The van der Waals surface area contributed by atoms with Crippen LogP contribution in [-0.2, 0) is 11.3 Å². The minimum absolute atomic E-state index is 0.0258. The summed E-state index contributed by atoms with van der Waals surface area (Å²) in [7, 11) is 3.86. The predicted octanol–water partition coefficient (Wildman–Crippen LogP) is 0.561. The minimum Gasteiger partial charge on any atom is -0.387 e. The molecule has 6 nitrogen and oxygen atoms in total. The van der Waals surface area contributed by atoms with E-state index in [4.69, 9.17) is 0 Å². The van der Waals surface area contributed by atoms with E-state index >= 15 is 0 Å². The first-order chi connectivity index (χ1) is 10.5. The van der Waals surface area contributed by atoms with Gasteiger partial charge in [-0.2, -0.15) is 0 Å². The number of β-amino-alcohol motifs (C(OH)–C–C–N with tert-alkyl or cyclic N) is 1. The first-order valence-electron chi connectivity index (χ1n) is 7.52. The molecule has 2 aromatic rings. The molecule has 1 aromatic carbocycles. The second-order valence-electron chi connectivity index (χ2n) is 6.39. The third-order valence-electron chi connectivity index (χ3n) is 4.13. The van der Waals surface area contributed by atoms with Crippen LogP contribution in [0.15, 0.2) is 30.6 Å². The van der Waals surface area contributed by atoms with E-state index in [0.717, 1.165) is 11.0 Å². The van der Waals surface area contributed by atoms with E-state index < -0.39 is 5.60 Å². The number of likely N-dealkylation sites (N-methyl/N-ethyl adjacent to an activating group) is 1. The molecular formula is C16H22N4O2. The van der Waals surface area contributed by atoms with Gasteiger partial charge in [-0.15, -0.1) is 0 Å². The van der Waals surface area contributed by atoms with Crippen LogP contribution < -0.4 is 0 Å². The maximum atomic E-state index is 12.5. The number of aliphatic hydroxyl groups is 1. The number of hydrogen-bond donors (Lipinski definition) is 1. The highest BCUT2D eigenvalue weighted by molar-refractivity contribution is 5.80. The van der Waals surface area contributed by atoms with Gasteiger partial charge < -0.3 is 19.5 Å². The standard InChI is InChI=1S/C16H22N4O2/c1-18(2)10-16(22)7-8-19(11-16)15(21)9-20-12-17-13-5-3-4-6-14(13)20/h3-6,12,22H,7-11H2,1-2H3. The molecule has 1 atom stereocenters. The van der Waals surface area contributed by atoms with Gasteiger partial charge in [0.05, 0.1) is 29.5 Å². The Balaban J connectivity index is 1.68. The molecule has 1 amide bonds. The Kier molecular flexibility index (Phi) is 3.88. The van der Waals surface area contributed by atoms with Crippen molar-refractivity contribution < 1.29 is 9.90 Å². The number of benzene rings is 1. The third kappa shape index (κ3) is 2.98. The molecule has 6 heteroatoms. The van der Waals surface area contributed by atoms with Crippen LogP contribution in [-0.4, -0.2) is 69.7 Å². The van der Waals surface area contributed by atoms with Crippen LogP contribution in [0.1, 0.15) is 6.42 Å². The molecular weight excluding hydrogens is 280 g/mol. The Morgan fingerprint density at radius 1 is 1.41 bits per heavy atom. The lowest BCUT2D eigenvalue weighted by molar-refractivity contribution is -0.131. The average Bonchev–Trinajstić information content (AvgIpc) is 3.03. The van der Waals surface area contributed by atoms with Crippen molar-refractivity contribution in [2.24, 2.45) is 0 Å². The summed E-state index contributed by atoms with van der Waals surface area (Å²) in [6.07, 6.45) is 2.33. The van der Waals surface area contributed by atoms with Crippen molar-refractivity contribution in [3.05, 3.63) is 30.6 Å². The molecule has 3 rings (SSSR count). The summed E-state index contributed by atoms with van der Waals surface area (Å²) in [5.41, 5.74) is 1.05. The zero-order chi connectivity index (χ0) is 15.7. The van der Waals surface area contributed by atoms with Crippen LogP contribution in [0.3, 0.4) is 0 Å². The van der Waals surface area contributed by atoms with Crippen LogP contribution >= 0.6 is 0 Å². The van der Waals surface area contributed by atoms with Crippen molar-refractivity contribution in [1.29, 1.82) is 0 Å². The summed E-state index contributed by atoms with van der Waals surface area (Å²) in [5, 5.41) is 10.5. The minimum atomic E-state index is -0.795. The quantitative estimate of drug-likeness (QED) is 0.896. The zero-order valence-corrected chi connectivity index (χ0v) is 13.1. The number of imidazole rings is 1. The number of fused-ring (bicyclic) bond motifs is 1. The number of rotatable bonds is 4. The number of nitrogens with zero attached hydrogens (tertiary/aromatic N) is 4. The lowest BCUT2D eigenvalue weighted by Crippen LogP contribution is -2.44. The Labute approximate surface area is 130 Å². The molecule has 22 heavy (non-hydrogen) atoms. The SMILES string of the molecule is CN(C)CC1(O)CCN(C(=O)Cn2cnc3ccccc32)C1. The summed E-state index contributed by atoms with van der Waals surface area (Å²) in [4.78, 5) is 20.5. The third-order valence-corrected chi connectivity index (χ3v) is 4.13. The Morgan fingerprint density at radius 3 is 2.95 bits per heavy atom. The highest BCUT2D eigenvalue weighted by Crippen LogP contribution is 2.22. The largest absolute Gasteiger partial charge is 0.387 e. The molecule has 118 valence electrons. The van der Waals surface area contributed by atoms with Gasteiger partial charge >= 0.3 is 0 Å². The van der Waals surface area contributed by atoms with E-state index in [1.165, 1.54) is 0 Å². The van der Waals surface area contributed by atoms with Gasteiger partial charge in [-0.3, -0.25) is 4.79 Å². The molecule has 1 aliphatic rings. The van der Waals surface area contributed by atoms with Crippen LogP contribution in [0.5, 0.6) is 0 Å². The van der Waals surface area contributed by atoms with Crippen LogP contribution in [0, 0.1) is 0 Å². The number of carbonyl (C=O) groups is 1. The second kappa shape index (κ2) is 5.70. The molecule has 0 saturated carbocycles. The first kappa shape index (κ1) is 15.0. The molecule has 1 N–H and O–H groups in total. The van der Waals surface area contributed by atoms with Gasteiger partial charge in [0, 0.05) is 13.1 Å². The first-order valence-corrected chi connectivity index (χ1v) is 7.52. The molecule has 2 heterocycles. The molecule has 1 aromatic heterocycles. The summed E-state index contributed by atoms with van der Waals surface area (Å²) in [6.45, 7) is 1.84. The van der Waals surface area contributed by atoms with E-state index in [0.29, 0.717) is 26.1 Å². The lowest BCUT2D eigenvalue weighted by atomic mass is 10.0. The Hall–Kier alpha value is -1.92. The fourth-order valence-corrected chi connectivity index (χ4v) is 3.17. The molecule has 0 spiro atoms. The van der Waals surface area contributed by atoms with Gasteiger partial charge in [-0.1, -0.05) is 12.1 Å². The van der Waals surface area contributed by atoms with Crippen LogP contribution in [0.25, 0.3) is 11.0 Å².